The molecule has 1 aromatic carbocycles. The van der Waals surface area contributed by atoms with Crippen molar-refractivity contribution in [2.24, 2.45) is 5.41 Å². The molecule has 2 heterocycles. The van der Waals surface area contributed by atoms with Crippen molar-refractivity contribution in [3.8, 4) is 11.4 Å². The van der Waals surface area contributed by atoms with Crippen molar-refractivity contribution in [2.75, 3.05) is 18.4 Å². The summed E-state index contributed by atoms with van der Waals surface area (Å²) in [5, 5.41) is 15.2. The third kappa shape index (κ3) is 4.04. The smallest absolute Gasteiger partial charge is 0.230 e. The van der Waals surface area contributed by atoms with Crippen molar-refractivity contribution in [1.82, 2.24) is 15.0 Å². The zero-order valence-electron chi connectivity index (χ0n) is 19.4. The van der Waals surface area contributed by atoms with Gasteiger partial charge >= 0.3 is 0 Å². The number of amides is 1. The molecule has 1 aliphatic heterocycles. The fourth-order valence-corrected chi connectivity index (χ4v) is 5.87. The van der Waals surface area contributed by atoms with Gasteiger partial charge < -0.3 is 20.1 Å². The normalized spacial score (nSPS) is 27.3. The van der Waals surface area contributed by atoms with Crippen LogP contribution < -0.4 is 5.32 Å². The molecule has 2 N–H and O–H groups in total. The molecule has 2 aromatic rings. The molecule has 2 bridgehead atoms. The molecule has 2 aliphatic carbocycles. The number of halogens is 1. The largest absolute Gasteiger partial charge is 0.382 e. The molecule has 0 spiro atoms. The minimum atomic E-state index is -1.10. The molecule has 1 amide bonds. The van der Waals surface area contributed by atoms with E-state index in [2.05, 4.69) is 29.3 Å². The molecule has 0 radical (unpaired) electrons. The zero-order valence-corrected chi connectivity index (χ0v) is 19.4. The fraction of sp³-hybridized carbons (Fsp3) is 0.600. The second-order valence-electron chi connectivity index (χ2n) is 10.4. The van der Waals surface area contributed by atoms with E-state index in [0.29, 0.717) is 56.9 Å². The summed E-state index contributed by atoms with van der Waals surface area (Å²) in [6, 6.07) is 5.96. The first kappa shape index (κ1) is 22.0. The second-order valence-corrected chi connectivity index (χ2v) is 10.4. The summed E-state index contributed by atoms with van der Waals surface area (Å²) < 4.78 is 20.2. The van der Waals surface area contributed by atoms with Gasteiger partial charge in [-0.25, -0.2) is 4.39 Å². The topological polar surface area (TPSA) is 95.1 Å². The number of nitrogens with one attached hydrogen (secondary N) is 2. The molecule has 176 valence electrons. The number of hydrogen-bond donors (Lipinski definition) is 2. The summed E-state index contributed by atoms with van der Waals surface area (Å²) >= 11 is 0. The van der Waals surface area contributed by atoms with Crippen LogP contribution in [0.25, 0.3) is 11.4 Å². The highest BCUT2D eigenvalue weighted by molar-refractivity contribution is 5.87. The number of alkyl halides is 1. The van der Waals surface area contributed by atoms with Crippen molar-refractivity contribution >= 4 is 17.8 Å². The summed E-state index contributed by atoms with van der Waals surface area (Å²) in [6.07, 6.45) is 5.75. The van der Waals surface area contributed by atoms with Crippen molar-refractivity contribution in [1.29, 1.82) is 5.41 Å². The average molecular weight is 454 g/mol. The number of nitrogens with zero attached hydrogens (tertiary/aromatic N) is 3. The third-order valence-electron chi connectivity index (χ3n) is 7.70. The monoisotopic (exact) mass is 453 g/mol. The van der Waals surface area contributed by atoms with Crippen molar-refractivity contribution in [2.45, 2.75) is 76.4 Å². The predicted octanol–water partition coefficient (Wildman–Crippen LogP) is 4.93. The summed E-state index contributed by atoms with van der Waals surface area (Å²) in [5.74, 6) is 1.41. The number of piperidine rings is 1. The number of carbonyl (C=O) groups is 1. The Labute approximate surface area is 193 Å². The Morgan fingerprint density at radius 1 is 1.27 bits per heavy atom. The average Bonchev–Trinajstić information content (AvgIpc) is 3.52. The molecular formula is C25H32FN5O2. The van der Waals surface area contributed by atoms with E-state index in [1.54, 1.807) is 0 Å². The molecule has 8 heteroatoms. The number of hydrogen-bond acceptors (Lipinski definition) is 6. The van der Waals surface area contributed by atoms with Crippen LogP contribution in [0, 0.1) is 10.8 Å². The lowest BCUT2D eigenvalue weighted by molar-refractivity contribution is -0.143. The Kier molecular flexibility index (Phi) is 5.49. The van der Waals surface area contributed by atoms with E-state index < -0.39 is 11.1 Å². The minimum absolute atomic E-state index is 0.120. The number of carbonyl (C=O) groups excluding carboxylic acids is 1. The Hall–Kier alpha value is -2.77. The third-order valence-corrected chi connectivity index (χ3v) is 7.70. The van der Waals surface area contributed by atoms with Crippen molar-refractivity contribution in [3.05, 3.63) is 29.7 Å². The van der Waals surface area contributed by atoms with Gasteiger partial charge in [0.2, 0.25) is 17.6 Å². The molecular weight excluding hydrogens is 421 g/mol. The molecule has 1 saturated heterocycles. The lowest BCUT2D eigenvalue weighted by atomic mass is 9.82. The first-order valence-corrected chi connectivity index (χ1v) is 12.0. The summed E-state index contributed by atoms with van der Waals surface area (Å²) in [4.78, 5) is 19.8. The van der Waals surface area contributed by atoms with E-state index in [1.165, 1.54) is 6.21 Å². The fourth-order valence-electron chi connectivity index (χ4n) is 5.87. The summed E-state index contributed by atoms with van der Waals surface area (Å²) in [5.41, 5.74) is 0.954. The van der Waals surface area contributed by atoms with Crippen LogP contribution in [0.3, 0.4) is 0 Å². The lowest BCUT2D eigenvalue weighted by Gasteiger charge is -2.36. The van der Waals surface area contributed by atoms with Gasteiger partial charge in [-0.2, -0.15) is 4.98 Å². The van der Waals surface area contributed by atoms with Crippen molar-refractivity contribution < 1.29 is 13.7 Å². The van der Waals surface area contributed by atoms with Gasteiger partial charge in [-0.05, 0) is 64.9 Å². The first-order chi connectivity index (χ1) is 15.8. The van der Waals surface area contributed by atoms with Crippen LogP contribution in [-0.4, -0.2) is 52.0 Å². The zero-order chi connectivity index (χ0) is 23.2. The number of likely N-dealkylation sites (tertiary alicyclic amines) is 1. The Morgan fingerprint density at radius 3 is 2.61 bits per heavy atom. The molecule has 1 aromatic heterocycles. The molecule has 0 atom stereocenters. The quantitative estimate of drug-likeness (QED) is 0.605. The van der Waals surface area contributed by atoms with Crippen molar-refractivity contribution in [3.63, 3.8) is 0 Å². The standard InChI is InChI=1S/C25H32FN5O2/c1-16(2)28-20-13-18(3-4-19(20)14-27)21-29-22(33-30-21)17-5-11-31(12-6-17)23(32)24-7-9-25(26,15-24)10-8-24/h3-4,13-14,16-17,27-28H,5-12,15H2,1-2H3. The Bertz CT molecular complexity index is 1050. The maximum Gasteiger partial charge on any atom is 0.230 e. The molecule has 2 saturated carbocycles. The maximum atomic E-state index is 14.6. The van der Waals surface area contributed by atoms with E-state index in [0.717, 1.165) is 29.7 Å². The second kappa shape index (κ2) is 8.22. The van der Waals surface area contributed by atoms with E-state index in [4.69, 9.17) is 9.93 Å². The predicted molar refractivity (Wildman–Crippen MR) is 124 cm³/mol. The van der Waals surface area contributed by atoms with Gasteiger partial charge in [-0.3, -0.25) is 4.79 Å². The molecule has 33 heavy (non-hydrogen) atoms. The Balaban J connectivity index is 1.25. The summed E-state index contributed by atoms with van der Waals surface area (Å²) in [7, 11) is 0. The van der Waals surface area contributed by atoms with Gasteiger partial charge in [0, 0.05) is 48.1 Å². The number of benzene rings is 1. The van der Waals surface area contributed by atoms with E-state index in [9.17, 15) is 9.18 Å². The lowest BCUT2D eigenvalue weighted by Crippen LogP contribution is -2.45. The molecule has 3 aliphatic rings. The van der Waals surface area contributed by atoms with E-state index in [-0.39, 0.29) is 17.9 Å². The minimum Gasteiger partial charge on any atom is -0.382 e. The van der Waals surface area contributed by atoms with E-state index >= 15 is 0 Å². The number of anilines is 1. The van der Waals surface area contributed by atoms with Crippen LogP contribution in [-0.2, 0) is 4.79 Å². The van der Waals surface area contributed by atoms with Crippen LogP contribution in [0.5, 0.6) is 0 Å². The Morgan fingerprint density at radius 2 is 2.00 bits per heavy atom. The van der Waals surface area contributed by atoms with Crippen LogP contribution in [0.4, 0.5) is 10.1 Å². The van der Waals surface area contributed by atoms with Gasteiger partial charge in [0.05, 0.1) is 5.41 Å². The number of aromatic nitrogens is 2. The van der Waals surface area contributed by atoms with Crippen LogP contribution >= 0.6 is 0 Å². The first-order valence-electron chi connectivity index (χ1n) is 12.0. The molecule has 5 rings (SSSR count). The van der Waals surface area contributed by atoms with Gasteiger partial charge in [0.1, 0.15) is 5.67 Å². The van der Waals surface area contributed by atoms with Crippen LogP contribution in [0.15, 0.2) is 22.7 Å². The molecule has 3 fully saturated rings. The van der Waals surface area contributed by atoms with Gasteiger partial charge in [-0.15, -0.1) is 0 Å². The molecule has 0 unspecified atom stereocenters. The van der Waals surface area contributed by atoms with Gasteiger partial charge in [-0.1, -0.05) is 17.3 Å². The van der Waals surface area contributed by atoms with Crippen LogP contribution in [0.1, 0.15) is 76.2 Å². The van der Waals surface area contributed by atoms with Gasteiger partial charge in [0.15, 0.2) is 0 Å². The highest BCUT2D eigenvalue weighted by atomic mass is 19.1. The number of fused-ring (bicyclic) bond motifs is 2. The highest BCUT2D eigenvalue weighted by Crippen LogP contribution is 2.59. The highest BCUT2D eigenvalue weighted by Gasteiger charge is 2.59. The SMILES string of the molecule is CC(C)Nc1cc(-c2noc(C3CCN(C(=O)C45CCC(F)(CC4)C5)CC3)n2)ccc1C=N. The van der Waals surface area contributed by atoms with Crippen LogP contribution in [0.2, 0.25) is 0 Å². The number of rotatable bonds is 6. The van der Waals surface area contributed by atoms with Gasteiger partial charge in [0.25, 0.3) is 0 Å². The summed E-state index contributed by atoms with van der Waals surface area (Å²) in [6.45, 7) is 5.41. The maximum absolute atomic E-state index is 14.6. The molecule has 7 nitrogen and oxygen atoms in total. The van der Waals surface area contributed by atoms with E-state index in [1.807, 2.05) is 23.1 Å².